The molecule has 5 N–H and O–H groups in total. The number of rotatable bonds is 7. The second-order valence-electron chi connectivity index (χ2n) is 7.46. The van der Waals surface area contributed by atoms with E-state index in [9.17, 15) is 15.0 Å². The molecular formula is C22H31ClN2O5. The molecule has 0 bridgehead atoms. The van der Waals surface area contributed by atoms with E-state index in [-0.39, 0.29) is 42.2 Å². The summed E-state index contributed by atoms with van der Waals surface area (Å²) in [5.41, 5.74) is 3.31. The van der Waals surface area contributed by atoms with Crippen LogP contribution in [0.15, 0.2) is 42.5 Å². The van der Waals surface area contributed by atoms with Gasteiger partial charge in [-0.2, -0.15) is 0 Å². The number of aliphatic hydroxyl groups excluding tert-OH is 1. The van der Waals surface area contributed by atoms with Crippen molar-refractivity contribution in [2.45, 2.75) is 31.4 Å². The summed E-state index contributed by atoms with van der Waals surface area (Å²) in [5.74, 6) is 0.831. The van der Waals surface area contributed by atoms with Gasteiger partial charge in [0.1, 0.15) is 11.5 Å². The van der Waals surface area contributed by atoms with E-state index < -0.39 is 6.10 Å². The lowest BCUT2D eigenvalue weighted by atomic mass is 9.88. The van der Waals surface area contributed by atoms with E-state index in [2.05, 4.69) is 11.4 Å². The maximum atomic E-state index is 11.7. The van der Waals surface area contributed by atoms with Crippen LogP contribution in [0.2, 0.25) is 0 Å². The largest absolute Gasteiger partial charge is 0.508 e. The topological polar surface area (TPSA) is 114 Å². The Hall–Kier alpha value is -2.32. The number of aliphatic hydroxyl groups is 1. The van der Waals surface area contributed by atoms with E-state index in [1.807, 2.05) is 12.1 Å². The Balaban J connectivity index is 0.00000225. The highest BCUT2D eigenvalue weighted by molar-refractivity contribution is 5.85. The number of hydrogen-bond donors (Lipinski definition) is 3. The number of phenolic OH excluding ortho intramolecular Hbond substituents is 1. The molecule has 0 spiro atoms. The van der Waals surface area contributed by atoms with Crippen molar-refractivity contribution in [1.29, 1.82) is 0 Å². The third-order valence-electron chi connectivity index (χ3n) is 5.15. The van der Waals surface area contributed by atoms with Gasteiger partial charge >= 0.3 is 0 Å². The van der Waals surface area contributed by atoms with E-state index in [1.165, 1.54) is 16.0 Å². The van der Waals surface area contributed by atoms with E-state index >= 15 is 0 Å². The molecule has 0 aliphatic heterocycles. The summed E-state index contributed by atoms with van der Waals surface area (Å²) in [4.78, 5) is 13.2. The Kier molecular flexibility index (Phi) is 10.1. The van der Waals surface area contributed by atoms with Crippen LogP contribution in [0.3, 0.4) is 0 Å². The van der Waals surface area contributed by atoms with Crippen LogP contribution in [-0.4, -0.2) is 59.8 Å². The fraction of sp³-hybridized carbons (Fsp3) is 0.409. The normalized spacial score (nSPS) is 15.8. The molecule has 0 fully saturated rings. The number of amides is 1. The van der Waals surface area contributed by atoms with Gasteiger partial charge in [-0.1, -0.05) is 18.2 Å². The number of ether oxygens (including phenoxy) is 1. The minimum Gasteiger partial charge on any atom is -0.508 e. The third-order valence-corrected chi connectivity index (χ3v) is 5.15. The van der Waals surface area contributed by atoms with E-state index in [1.54, 1.807) is 38.4 Å². The van der Waals surface area contributed by atoms with Crippen LogP contribution < -0.4 is 10.1 Å². The minimum atomic E-state index is -0.617. The van der Waals surface area contributed by atoms with Gasteiger partial charge in [-0.25, -0.2) is 0 Å². The number of fused-ring (bicyclic) bond motifs is 1. The summed E-state index contributed by atoms with van der Waals surface area (Å²) in [6.07, 6.45) is 2.22. The lowest BCUT2D eigenvalue weighted by Gasteiger charge is -2.27. The number of aryl methyl sites for hydroxylation is 1. The lowest BCUT2D eigenvalue weighted by Crippen LogP contribution is -2.37. The minimum absolute atomic E-state index is 0. The molecule has 0 radical (unpaired) electrons. The Morgan fingerprint density at radius 1 is 1.20 bits per heavy atom. The zero-order valence-corrected chi connectivity index (χ0v) is 18.1. The van der Waals surface area contributed by atoms with Crippen molar-refractivity contribution in [3.8, 4) is 11.5 Å². The van der Waals surface area contributed by atoms with Crippen molar-refractivity contribution in [3.05, 3.63) is 59.2 Å². The smallest absolute Gasteiger partial charge is 0.259 e. The van der Waals surface area contributed by atoms with E-state index in [4.69, 9.17) is 4.74 Å². The average Bonchev–Trinajstić information content (AvgIpc) is 2.70. The number of halogens is 1. The second kappa shape index (κ2) is 11.8. The number of carbonyl (C=O) groups is 1. The number of likely N-dealkylation sites (N-methyl/N-ethyl adjacent to an activating group) is 1. The summed E-state index contributed by atoms with van der Waals surface area (Å²) < 4.78 is 5.62. The summed E-state index contributed by atoms with van der Waals surface area (Å²) in [6, 6.07) is 12.9. The molecule has 30 heavy (non-hydrogen) atoms. The SMILES string of the molecule is CN(C)C(=O)COc1ccc2c(c1)CC(NC[C@@H](O)c1ccc(O)cc1)CC2.Cl.O. The van der Waals surface area contributed by atoms with Gasteiger partial charge in [-0.3, -0.25) is 4.79 Å². The van der Waals surface area contributed by atoms with Crippen LogP contribution in [0.25, 0.3) is 0 Å². The highest BCUT2D eigenvalue weighted by atomic mass is 35.5. The van der Waals surface area contributed by atoms with Gasteiger partial charge in [0.2, 0.25) is 0 Å². The zero-order chi connectivity index (χ0) is 20.1. The molecule has 0 saturated heterocycles. The van der Waals surface area contributed by atoms with Crippen LogP contribution in [0.5, 0.6) is 11.5 Å². The molecule has 2 aromatic carbocycles. The van der Waals surface area contributed by atoms with Gasteiger partial charge < -0.3 is 30.6 Å². The highest BCUT2D eigenvalue weighted by Gasteiger charge is 2.20. The van der Waals surface area contributed by atoms with Gasteiger partial charge in [0.25, 0.3) is 5.91 Å². The molecule has 3 rings (SSSR count). The molecule has 0 heterocycles. The first-order valence-electron chi connectivity index (χ1n) is 9.57. The predicted octanol–water partition coefficient (Wildman–Crippen LogP) is 1.64. The Morgan fingerprint density at radius 2 is 1.90 bits per heavy atom. The van der Waals surface area contributed by atoms with Crippen LogP contribution in [-0.2, 0) is 17.6 Å². The summed E-state index contributed by atoms with van der Waals surface area (Å²) >= 11 is 0. The molecule has 1 unspecified atom stereocenters. The highest BCUT2D eigenvalue weighted by Crippen LogP contribution is 2.26. The number of aromatic hydroxyl groups is 1. The molecule has 0 saturated carbocycles. The molecule has 2 atom stereocenters. The fourth-order valence-corrected chi connectivity index (χ4v) is 3.36. The van der Waals surface area contributed by atoms with Crippen molar-refractivity contribution in [2.24, 2.45) is 0 Å². The van der Waals surface area contributed by atoms with Crippen LogP contribution in [0.4, 0.5) is 0 Å². The van der Waals surface area contributed by atoms with E-state index in [0.717, 1.165) is 24.8 Å². The number of hydrogen-bond acceptors (Lipinski definition) is 5. The molecular weight excluding hydrogens is 408 g/mol. The Bertz CT molecular complexity index is 814. The molecule has 0 aromatic heterocycles. The molecule has 1 aliphatic rings. The molecule has 7 nitrogen and oxygen atoms in total. The summed E-state index contributed by atoms with van der Waals surface area (Å²) in [6.45, 7) is 0.491. The van der Waals surface area contributed by atoms with E-state index in [0.29, 0.717) is 12.3 Å². The van der Waals surface area contributed by atoms with Gasteiger partial charge in [-0.15, -0.1) is 12.4 Å². The third kappa shape index (κ3) is 6.88. The number of carbonyl (C=O) groups excluding carboxylic acids is 1. The van der Waals surface area contributed by atoms with Gasteiger partial charge in [-0.05, 0) is 60.2 Å². The van der Waals surface area contributed by atoms with Crippen molar-refractivity contribution in [1.82, 2.24) is 10.2 Å². The number of benzene rings is 2. The predicted molar refractivity (Wildman–Crippen MR) is 118 cm³/mol. The van der Waals surface area contributed by atoms with Gasteiger partial charge in [0, 0.05) is 26.7 Å². The van der Waals surface area contributed by atoms with Crippen LogP contribution in [0.1, 0.15) is 29.2 Å². The molecule has 1 aliphatic carbocycles. The quantitative estimate of drug-likeness (QED) is 0.608. The first-order chi connectivity index (χ1) is 13.4. The van der Waals surface area contributed by atoms with Crippen LogP contribution >= 0.6 is 12.4 Å². The Labute approximate surface area is 183 Å². The van der Waals surface area contributed by atoms with Crippen LogP contribution in [0, 0.1) is 0 Å². The van der Waals surface area contributed by atoms with Crippen molar-refractivity contribution >= 4 is 18.3 Å². The number of phenols is 1. The molecule has 166 valence electrons. The van der Waals surface area contributed by atoms with Gasteiger partial charge in [0.05, 0.1) is 6.10 Å². The van der Waals surface area contributed by atoms with Gasteiger partial charge in [0.15, 0.2) is 6.61 Å². The fourth-order valence-electron chi connectivity index (χ4n) is 3.36. The maximum Gasteiger partial charge on any atom is 0.259 e. The standard InChI is InChI=1S/C22H28N2O4.ClH.H2O/c1-24(2)22(27)14-28-20-10-6-15-3-7-18(11-17(15)12-20)23-13-21(26)16-4-8-19(25)9-5-16;;/h4-6,8-10,12,18,21,23,25-26H,3,7,11,13-14H2,1-2H3;1H;1H2/t18?,21-;;/m1../s1. The van der Waals surface area contributed by atoms with Crippen molar-refractivity contribution in [2.75, 3.05) is 27.2 Å². The second-order valence-corrected chi connectivity index (χ2v) is 7.46. The lowest BCUT2D eigenvalue weighted by molar-refractivity contribution is -0.130. The number of nitrogens with one attached hydrogen (secondary N) is 1. The first-order valence-corrected chi connectivity index (χ1v) is 9.57. The molecule has 2 aromatic rings. The van der Waals surface area contributed by atoms with Crippen molar-refractivity contribution in [3.63, 3.8) is 0 Å². The Morgan fingerprint density at radius 3 is 2.57 bits per heavy atom. The first kappa shape index (κ1) is 25.7. The average molecular weight is 439 g/mol. The monoisotopic (exact) mass is 438 g/mol. The molecule has 1 amide bonds. The maximum absolute atomic E-state index is 11.7. The van der Waals surface area contributed by atoms with Crippen molar-refractivity contribution < 1.29 is 25.2 Å². The summed E-state index contributed by atoms with van der Waals surface area (Å²) in [7, 11) is 3.42. The molecule has 8 heteroatoms. The number of nitrogens with zero attached hydrogens (tertiary/aromatic N) is 1. The summed E-state index contributed by atoms with van der Waals surface area (Å²) in [5, 5.41) is 23.1. The zero-order valence-electron chi connectivity index (χ0n) is 17.3.